The molecule has 0 aliphatic heterocycles. The van der Waals surface area contributed by atoms with Gasteiger partial charge in [0.25, 0.3) is 11.6 Å². The molecular weight excluding hydrogens is 416 g/mol. The van der Waals surface area contributed by atoms with E-state index in [0.717, 1.165) is 0 Å². The van der Waals surface area contributed by atoms with Gasteiger partial charge >= 0.3 is 0 Å². The van der Waals surface area contributed by atoms with Crippen molar-refractivity contribution < 1.29 is 14.2 Å². The van der Waals surface area contributed by atoms with Crippen LogP contribution in [0.3, 0.4) is 0 Å². The third-order valence-corrected chi connectivity index (χ3v) is 4.57. The van der Waals surface area contributed by atoms with Crippen molar-refractivity contribution in [3.8, 4) is 17.1 Å². The number of nitro benzene ring substituents is 1. The van der Waals surface area contributed by atoms with Gasteiger partial charge in [0.2, 0.25) is 17.1 Å². The highest BCUT2D eigenvalue weighted by atomic mass is 16.6. The van der Waals surface area contributed by atoms with Crippen LogP contribution in [-0.4, -0.2) is 30.8 Å². The topological polar surface area (TPSA) is 146 Å². The summed E-state index contributed by atoms with van der Waals surface area (Å²) in [6.07, 6.45) is 0. The zero-order valence-electron chi connectivity index (χ0n) is 17.0. The highest BCUT2D eigenvalue weighted by Crippen LogP contribution is 2.26. The maximum atomic E-state index is 13.0. The minimum Gasteiger partial charge on any atom is -0.339 e. The summed E-state index contributed by atoms with van der Waals surface area (Å²) in [7, 11) is 0. The van der Waals surface area contributed by atoms with Crippen LogP contribution in [0.5, 0.6) is 0 Å². The lowest BCUT2D eigenvalue weighted by Crippen LogP contribution is -2.27. The lowest BCUT2D eigenvalue weighted by atomic mass is 10.1. The second kappa shape index (κ2) is 8.22. The van der Waals surface area contributed by atoms with E-state index in [1.165, 1.54) is 28.9 Å². The third-order valence-electron chi connectivity index (χ3n) is 4.57. The summed E-state index contributed by atoms with van der Waals surface area (Å²) in [5.41, 5.74) is 0.0443. The van der Waals surface area contributed by atoms with Crippen LogP contribution in [-0.2, 0) is 0 Å². The minimum absolute atomic E-state index is 0.131. The number of amides is 1. The molecule has 2 heterocycles. The van der Waals surface area contributed by atoms with Gasteiger partial charge in [-0.25, -0.2) is 4.68 Å². The highest BCUT2D eigenvalue weighted by Gasteiger charge is 2.21. The van der Waals surface area contributed by atoms with Crippen molar-refractivity contribution in [3.63, 3.8) is 0 Å². The molecule has 4 aromatic rings. The number of anilines is 1. The summed E-state index contributed by atoms with van der Waals surface area (Å²) in [6, 6.07) is 13.9. The lowest BCUT2D eigenvalue weighted by molar-refractivity contribution is -0.384. The number of para-hydroxylation sites is 3. The maximum absolute atomic E-state index is 13.0. The molecule has 4 rings (SSSR count). The summed E-state index contributed by atoms with van der Waals surface area (Å²) in [4.78, 5) is 40.5. The second-order valence-electron chi connectivity index (χ2n) is 6.79. The predicted octanol–water partition coefficient (Wildman–Crippen LogP) is 3.06. The number of aromatic nitrogens is 4. The number of aryl methyl sites for hydroxylation is 2. The van der Waals surface area contributed by atoms with Crippen molar-refractivity contribution >= 4 is 17.3 Å². The van der Waals surface area contributed by atoms with Gasteiger partial charge in [-0.15, -0.1) is 0 Å². The Morgan fingerprint density at radius 1 is 1.12 bits per heavy atom. The van der Waals surface area contributed by atoms with Crippen molar-refractivity contribution in [3.05, 3.63) is 92.2 Å². The van der Waals surface area contributed by atoms with Gasteiger partial charge < -0.3 is 9.84 Å². The van der Waals surface area contributed by atoms with Crippen molar-refractivity contribution in [2.45, 2.75) is 13.8 Å². The normalized spacial score (nSPS) is 10.7. The Morgan fingerprint density at radius 2 is 1.84 bits per heavy atom. The van der Waals surface area contributed by atoms with E-state index >= 15 is 0 Å². The van der Waals surface area contributed by atoms with Crippen molar-refractivity contribution in [1.82, 2.24) is 19.9 Å². The summed E-state index contributed by atoms with van der Waals surface area (Å²) >= 11 is 0. The molecule has 11 heteroatoms. The number of nitrogens with one attached hydrogen (secondary N) is 1. The molecule has 0 fully saturated rings. The molecule has 160 valence electrons. The molecule has 1 amide bonds. The van der Waals surface area contributed by atoms with Crippen molar-refractivity contribution in [1.29, 1.82) is 0 Å². The zero-order chi connectivity index (χ0) is 22.8. The fourth-order valence-corrected chi connectivity index (χ4v) is 3.12. The largest absolute Gasteiger partial charge is 0.339 e. The molecule has 1 N–H and O–H groups in total. The molecule has 0 atom stereocenters. The third kappa shape index (κ3) is 3.86. The van der Waals surface area contributed by atoms with Gasteiger partial charge in [-0.3, -0.25) is 19.7 Å². The number of hydrogen-bond acceptors (Lipinski definition) is 8. The van der Waals surface area contributed by atoms with Crippen LogP contribution >= 0.6 is 0 Å². The molecule has 0 unspecified atom stereocenters. The highest BCUT2D eigenvalue weighted by molar-refractivity contribution is 6.04. The Kier molecular flexibility index (Phi) is 5.29. The van der Waals surface area contributed by atoms with Gasteiger partial charge in [0, 0.05) is 30.3 Å². The quantitative estimate of drug-likeness (QED) is 0.374. The Labute approximate surface area is 180 Å². The van der Waals surface area contributed by atoms with Gasteiger partial charge in [0.05, 0.1) is 10.6 Å². The molecule has 0 spiro atoms. The average molecular weight is 432 g/mol. The van der Waals surface area contributed by atoms with Crippen LogP contribution in [0.1, 0.15) is 22.1 Å². The number of nitro groups is 1. The van der Waals surface area contributed by atoms with Crippen molar-refractivity contribution in [2.24, 2.45) is 0 Å². The second-order valence-corrected chi connectivity index (χ2v) is 6.79. The summed E-state index contributed by atoms with van der Waals surface area (Å²) in [5, 5.41) is 22.0. The molecule has 0 saturated carbocycles. The van der Waals surface area contributed by atoms with E-state index in [1.54, 1.807) is 44.2 Å². The SMILES string of the molecule is Cc1nc(-c2ccccc2NC(=O)c2nn(-c3ccccc3[N+](=O)[O-])c(C)cc2=O)no1. The predicted molar refractivity (Wildman–Crippen MR) is 114 cm³/mol. The van der Waals surface area contributed by atoms with Gasteiger partial charge in [-0.05, 0) is 25.1 Å². The fraction of sp³-hybridized carbons (Fsp3) is 0.0952. The fourth-order valence-electron chi connectivity index (χ4n) is 3.12. The van der Waals surface area contributed by atoms with Crippen molar-refractivity contribution in [2.75, 3.05) is 5.32 Å². The zero-order valence-corrected chi connectivity index (χ0v) is 17.0. The summed E-state index contributed by atoms with van der Waals surface area (Å²) in [6.45, 7) is 3.21. The smallest absolute Gasteiger partial charge is 0.294 e. The Morgan fingerprint density at radius 3 is 2.56 bits per heavy atom. The maximum Gasteiger partial charge on any atom is 0.294 e. The van der Waals surface area contributed by atoms with E-state index in [2.05, 4.69) is 20.6 Å². The first-order chi connectivity index (χ1) is 15.3. The van der Waals surface area contributed by atoms with E-state index < -0.39 is 22.0 Å². The van der Waals surface area contributed by atoms with Gasteiger partial charge in [0.15, 0.2) is 5.69 Å². The van der Waals surface area contributed by atoms with Crippen LogP contribution < -0.4 is 10.7 Å². The first-order valence-electron chi connectivity index (χ1n) is 9.41. The average Bonchev–Trinajstić information content (AvgIpc) is 3.20. The molecule has 2 aromatic carbocycles. The summed E-state index contributed by atoms with van der Waals surface area (Å²) in [5.74, 6) is -0.156. The molecule has 0 saturated heterocycles. The molecule has 11 nitrogen and oxygen atoms in total. The number of carbonyl (C=O) groups is 1. The molecule has 0 aliphatic carbocycles. The first kappa shape index (κ1) is 20.6. The molecular formula is C21H16N6O5. The molecule has 32 heavy (non-hydrogen) atoms. The monoisotopic (exact) mass is 432 g/mol. The van der Waals surface area contributed by atoms with Crippen LogP contribution in [0.2, 0.25) is 0 Å². The molecule has 0 aliphatic rings. The van der Waals surface area contributed by atoms with E-state index in [0.29, 0.717) is 22.8 Å². The van der Waals surface area contributed by atoms with Gasteiger partial charge in [-0.2, -0.15) is 10.1 Å². The number of carbonyl (C=O) groups excluding carboxylic acids is 1. The molecule has 2 aromatic heterocycles. The van der Waals surface area contributed by atoms with E-state index in [-0.39, 0.29) is 17.2 Å². The number of rotatable bonds is 5. The Bertz CT molecular complexity index is 1410. The molecule has 0 bridgehead atoms. The summed E-state index contributed by atoms with van der Waals surface area (Å²) < 4.78 is 6.19. The van der Waals surface area contributed by atoms with Crippen LogP contribution in [0.4, 0.5) is 11.4 Å². The minimum atomic E-state index is -0.782. The van der Waals surface area contributed by atoms with Gasteiger partial charge in [0.1, 0.15) is 5.69 Å². The number of benzene rings is 2. The van der Waals surface area contributed by atoms with E-state index in [1.807, 2.05) is 0 Å². The Balaban J connectivity index is 1.75. The van der Waals surface area contributed by atoms with Crippen LogP contribution in [0.15, 0.2) is 63.9 Å². The molecule has 0 radical (unpaired) electrons. The standard InChI is InChI=1S/C21H16N6O5/c1-12-11-18(28)19(24-26(12)16-9-5-6-10-17(16)27(30)31)21(29)23-15-8-4-3-7-14(15)20-22-13(2)32-25-20/h3-11H,1-2H3,(H,23,29). The van der Waals surface area contributed by atoms with Crippen LogP contribution in [0, 0.1) is 24.0 Å². The van der Waals surface area contributed by atoms with E-state index in [4.69, 9.17) is 4.52 Å². The van der Waals surface area contributed by atoms with E-state index in [9.17, 15) is 19.7 Å². The first-order valence-corrected chi connectivity index (χ1v) is 9.41. The lowest BCUT2D eigenvalue weighted by Gasteiger charge is -2.12. The number of hydrogen-bond donors (Lipinski definition) is 1. The Hall–Kier alpha value is -4.67. The number of nitrogens with zero attached hydrogens (tertiary/aromatic N) is 5. The van der Waals surface area contributed by atoms with Crippen LogP contribution in [0.25, 0.3) is 17.1 Å². The van der Waals surface area contributed by atoms with Gasteiger partial charge in [-0.1, -0.05) is 29.4 Å².